The molecule has 154 valence electrons. The minimum Gasteiger partial charge on any atom is -0.481 e. The summed E-state index contributed by atoms with van der Waals surface area (Å²) in [5.74, 6) is -0.967. The number of aryl methyl sites for hydroxylation is 1. The summed E-state index contributed by atoms with van der Waals surface area (Å²) in [7, 11) is 1.60. The molecule has 1 N–H and O–H groups in total. The van der Waals surface area contributed by atoms with E-state index in [4.69, 9.17) is 4.74 Å². The quantitative estimate of drug-likeness (QED) is 0.811. The number of ether oxygens (including phenoxy) is 1. The fraction of sp³-hybridized carbons (Fsp3) is 0.636. The Morgan fingerprint density at radius 2 is 1.96 bits per heavy atom. The topological polar surface area (TPSA) is 70.1 Å². The predicted octanol–water partition coefficient (Wildman–Crippen LogP) is 2.47. The molecule has 3 rings (SSSR count). The maximum absolute atomic E-state index is 12.3. The number of carbonyl (C=O) groups is 2. The van der Waals surface area contributed by atoms with Crippen molar-refractivity contribution in [1.29, 1.82) is 0 Å². The fourth-order valence-corrected chi connectivity index (χ4v) is 4.81. The molecule has 0 radical (unpaired) electrons. The summed E-state index contributed by atoms with van der Waals surface area (Å²) in [5, 5.41) is 9.88. The lowest BCUT2D eigenvalue weighted by atomic mass is 9.71. The Balaban J connectivity index is 1.68. The van der Waals surface area contributed by atoms with Gasteiger partial charge in [0.2, 0.25) is 5.91 Å². The van der Waals surface area contributed by atoms with E-state index in [0.717, 1.165) is 25.9 Å². The van der Waals surface area contributed by atoms with Gasteiger partial charge >= 0.3 is 5.97 Å². The molecule has 2 saturated heterocycles. The van der Waals surface area contributed by atoms with E-state index in [1.165, 1.54) is 16.7 Å². The molecule has 28 heavy (non-hydrogen) atoms. The molecular formula is C22H32N2O4. The average Bonchev–Trinajstić information content (AvgIpc) is 3.02. The Hall–Kier alpha value is -1.92. The van der Waals surface area contributed by atoms with Crippen LogP contribution in [0.4, 0.5) is 0 Å². The third-order valence-electron chi connectivity index (χ3n) is 6.76. The number of carboxylic acid groups (broad SMARTS) is 1. The van der Waals surface area contributed by atoms with Crippen LogP contribution in [-0.2, 0) is 20.9 Å². The van der Waals surface area contributed by atoms with Crippen molar-refractivity contribution in [2.45, 2.75) is 39.7 Å². The zero-order valence-corrected chi connectivity index (χ0v) is 17.2. The third-order valence-corrected chi connectivity index (χ3v) is 6.76. The van der Waals surface area contributed by atoms with Gasteiger partial charge in [0.25, 0.3) is 0 Å². The summed E-state index contributed by atoms with van der Waals surface area (Å²) in [6, 6.07) is 6.32. The molecule has 2 fully saturated rings. The van der Waals surface area contributed by atoms with Crippen molar-refractivity contribution in [1.82, 2.24) is 9.80 Å². The van der Waals surface area contributed by atoms with E-state index in [1.807, 2.05) is 4.90 Å². The van der Waals surface area contributed by atoms with Crippen molar-refractivity contribution in [3.05, 3.63) is 34.9 Å². The minimum absolute atomic E-state index is 0.105. The van der Waals surface area contributed by atoms with Gasteiger partial charge in [-0.05, 0) is 43.4 Å². The molecule has 1 unspecified atom stereocenters. The molecule has 6 heteroatoms. The van der Waals surface area contributed by atoms with Gasteiger partial charge < -0.3 is 14.7 Å². The third kappa shape index (κ3) is 4.23. The van der Waals surface area contributed by atoms with E-state index in [1.54, 1.807) is 7.11 Å². The number of benzene rings is 1. The molecule has 0 aromatic heterocycles. The summed E-state index contributed by atoms with van der Waals surface area (Å²) in [6.07, 6.45) is 1.91. The highest BCUT2D eigenvalue weighted by atomic mass is 16.5. The number of piperidine rings is 1. The van der Waals surface area contributed by atoms with E-state index in [-0.39, 0.29) is 17.2 Å². The Labute approximate surface area is 167 Å². The number of hydrogen-bond acceptors (Lipinski definition) is 4. The van der Waals surface area contributed by atoms with Gasteiger partial charge in [0.05, 0.1) is 18.9 Å². The molecule has 2 heterocycles. The van der Waals surface area contributed by atoms with Gasteiger partial charge in [0.15, 0.2) is 0 Å². The van der Waals surface area contributed by atoms with E-state index in [9.17, 15) is 14.7 Å². The van der Waals surface area contributed by atoms with Gasteiger partial charge in [-0.1, -0.05) is 18.2 Å². The van der Waals surface area contributed by atoms with Gasteiger partial charge in [-0.15, -0.1) is 0 Å². The number of rotatable bonds is 6. The van der Waals surface area contributed by atoms with Crippen molar-refractivity contribution in [3.63, 3.8) is 0 Å². The summed E-state index contributed by atoms with van der Waals surface area (Å²) < 4.78 is 5.00. The highest BCUT2D eigenvalue weighted by molar-refractivity contribution is 5.76. The number of aliphatic carboxylic acids is 1. The van der Waals surface area contributed by atoms with Crippen LogP contribution >= 0.6 is 0 Å². The number of hydrogen-bond donors (Lipinski definition) is 1. The lowest BCUT2D eigenvalue weighted by Crippen LogP contribution is -2.48. The molecule has 1 spiro atoms. The Kier molecular flexibility index (Phi) is 6.40. The normalized spacial score (nSPS) is 22.0. The van der Waals surface area contributed by atoms with Gasteiger partial charge in [0, 0.05) is 45.2 Å². The fourth-order valence-electron chi connectivity index (χ4n) is 4.81. The zero-order chi connectivity index (χ0) is 20.3. The molecule has 1 aromatic carbocycles. The predicted molar refractivity (Wildman–Crippen MR) is 107 cm³/mol. The smallest absolute Gasteiger partial charge is 0.308 e. The van der Waals surface area contributed by atoms with Crippen LogP contribution in [0, 0.1) is 25.2 Å². The first kappa shape index (κ1) is 20.8. The second-order valence-corrected chi connectivity index (χ2v) is 8.41. The molecule has 0 saturated carbocycles. The van der Waals surface area contributed by atoms with Crippen LogP contribution in [0.1, 0.15) is 36.0 Å². The van der Waals surface area contributed by atoms with Crippen LogP contribution in [0.2, 0.25) is 0 Å². The molecule has 1 amide bonds. The largest absolute Gasteiger partial charge is 0.481 e. The zero-order valence-electron chi connectivity index (χ0n) is 17.2. The summed E-state index contributed by atoms with van der Waals surface area (Å²) in [6.45, 7) is 8.12. The van der Waals surface area contributed by atoms with Crippen LogP contribution in [0.5, 0.6) is 0 Å². The number of carboxylic acids is 1. The first-order chi connectivity index (χ1) is 13.4. The van der Waals surface area contributed by atoms with Gasteiger partial charge in [-0.2, -0.15) is 0 Å². The second-order valence-electron chi connectivity index (χ2n) is 8.41. The van der Waals surface area contributed by atoms with Crippen molar-refractivity contribution in [2.75, 3.05) is 39.9 Å². The molecule has 0 bridgehead atoms. The van der Waals surface area contributed by atoms with E-state index in [0.29, 0.717) is 32.7 Å². The lowest BCUT2D eigenvalue weighted by Gasteiger charge is -2.41. The van der Waals surface area contributed by atoms with Gasteiger partial charge in [-0.25, -0.2) is 0 Å². The number of carbonyl (C=O) groups excluding carboxylic acids is 1. The minimum atomic E-state index is -0.706. The van der Waals surface area contributed by atoms with Crippen molar-refractivity contribution in [2.24, 2.45) is 11.3 Å². The molecule has 2 aliphatic heterocycles. The molecule has 2 aliphatic rings. The van der Waals surface area contributed by atoms with Crippen LogP contribution in [0.15, 0.2) is 18.2 Å². The van der Waals surface area contributed by atoms with Crippen LogP contribution in [0.3, 0.4) is 0 Å². The number of methoxy groups -OCH3 is 1. The first-order valence-electron chi connectivity index (χ1n) is 10.1. The van der Waals surface area contributed by atoms with E-state index >= 15 is 0 Å². The van der Waals surface area contributed by atoms with Crippen molar-refractivity contribution >= 4 is 11.9 Å². The maximum Gasteiger partial charge on any atom is 0.308 e. The molecular weight excluding hydrogens is 356 g/mol. The molecule has 1 aromatic rings. The number of nitrogens with zero attached hydrogens (tertiary/aromatic N) is 2. The highest BCUT2D eigenvalue weighted by Gasteiger charge is 2.51. The standard InChI is InChI=1S/C22H32N2O4/c1-16-5-4-6-18(17(16)2)13-23-14-19(21(26)27)22(15-23)8-10-24(11-9-22)20(25)7-12-28-3/h4-6,19H,7-15H2,1-3H3,(H,26,27). The Morgan fingerprint density at radius 1 is 1.25 bits per heavy atom. The number of amides is 1. The first-order valence-corrected chi connectivity index (χ1v) is 10.1. The Morgan fingerprint density at radius 3 is 2.61 bits per heavy atom. The van der Waals surface area contributed by atoms with Gasteiger partial charge in [-0.3, -0.25) is 14.5 Å². The summed E-state index contributed by atoms with van der Waals surface area (Å²) >= 11 is 0. The van der Waals surface area contributed by atoms with Crippen LogP contribution in [0.25, 0.3) is 0 Å². The number of likely N-dealkylation sites (tertiary alicyclic amines) is 2. The lowest BCUT2D eigenvalue weighted by molar-refractivity contribution is -0.146. The van der Waals surface area contributed by atoms with Crippen LogP contribution < -0.4 is 0 Å². The van der Waals surface area contributed by atoms with Gasteiger partial charge in [0.1, 0.15) is 0 Å². The van der Waals surface area contributed by atoms with Crippen LogP contribution in [-0.4, -0.2) is 66.7 Å². The molecule has 0 aliphatic carbocycles. The summed E-state index contributed by atoms with van der Waals surface area (Å²) in [4.78, 5) is 28.5. The van der Waals surface area contributed by atoms with E-state index < -0.39 is 5.97 Å². The Bertz CT molecular complexity index is 725. The van der Waals surface area contributed by atoms with Crippen molar-refractivity contribution in [3.8, 4) is 0 Å². The highest BCUT2D eigenvalue weighted by Crippen LogP contribution is 2.45. The average molecular weight is 389 g/mol. The molecule has 6 nitrogen and oxygen atoms in total. The summed E-state index contributed by atoms with van der Waals surface area (Å²) in [5.41, 5.74) is 3.59. The SMILES string of the molecule is COCCC(=O)N1CCC2(CC1)CN(Cc1cccc(C)c1C)CC2C(=O)O. The monoisotopic (exact) mass is 388 g/mol. The maximum atomic E-state index is 12.3. The molecule has 1 atom stereocenters. The second kappa shape index (κ2) is 8.62. The van der Waals surface area contributed by atoms with Crippen molar-refractivity contribution < 1.29 is 19.4 Å². The van der Waals surface area contributed by atoms with E-state index in [2.05, 4.69) is 36.9 Å².